The average Bonchev–Trinajstić information content (AvgIpc) is 2.89. The van der Waals surface area contributed by atoms with Gasteiger partial charge in [0, 0.05) is 4.88 Å². The maximum Gasteiger partial charge on any atom is 0.00829 e. The summed E-state index contributed by atoms with van der Waals surface area (Å²) in [6.07, 6.45) is 12.9. The number of hydrogen-bond donors (Lipinski definition) is 0. The van der Waals surface area contributed by atoms with Gasteiger partial charge >= 0.3 is 0 Å². The Kier molecular flexibility index (Phi) is 8.29. The van der Waals surface area contributed by atoms with Crippen molar-refractivity contribution in [3.63, 3.8) is 0 Å². The second-order valence-corrected chi connectivity index (χ2v) is 6.78. The van der Waals surface area contributed by atoms with Gasteiger partial charge in [-0.1, -0.05) is 41.0 Å². The highest BCUT2D eigenvalue weighted by atomic mass is 32.1. The molecular weight excluding hydrogens is 260 g/mol. The Morgan fingerprint density at radius 2 is 1.60 bits per heavy atom. The molecule has 0 aliphatic heterocycles. The van der Waals surface area contributed by atoms with E-state index in [0.29, 0.717) is 0 Å². The third-order valence-corrected chi connectivity index (χ3v) is 4.25. The van der Waals surface area contributed by atoms with Crippen molar-refractivity contribution in [3.8, 4) is 0 Å². The van der Waals surface area contributed by atoms with Crippen LogP contribution >= 0.6 is 11.3 Å². The average molecular weight is 288 g/mol. The molecule has 0 amide bonds. The fourth-order valence-corrected chi connectivity index (χ4v) is 2.71. The molecule has 110 valence electrons. The molecule has 1 heteroatoms. The van der Waals surface area contributed by atoms with Gasteiger partial charge in [-0.2, -0.15) is 0 Å². The first-order valence-corrected chi connectivity index (χ1v) is 8.43. The van der Waals surface area contributed by atoms with Gasteiger partial charge in [0.2, 0.25) is 0 Å². The summed E-state index contributed by atoms with van der Waals surface area (Å²) < 4.78 is 0. The van der Waals surface area contributed by atoms with Crippen molar-refractivity contribution >= 4 is 11.3 Å². The van der Waals surface area contributed by atoms with Gasteiger partial charge in [-0.25, -0.2) is 0 Å². The monoisotopic (exact) mass is 288 g/mol. The van der Waals surface area contributed by atoms with E-state index in [1.807, 2.05) is 11.3 Å². The van der Waals surface area contributed by atoms with Crippen molar-refractivity contribution in [3.05, 3.63) is 57.3 Å². The second-order valence-electron chi connectivity index (χ2n) is 5.74. The molecular formula is C19H28S. The van der Waals surface area contributed by atoms with Crippen LogP contribution in [0.25, 0.3) is 0 Å². The van der Waals surface area contributed by atoms with Crippen molar-refractivity contribution in [2.24, 2.45) is 0 Å². The largest absolute Gasteiger partial charge is 0.149 e. The molecule has 0 aliphatic carbocycles. The zero-order valence-corrected chi connectivity index (χ0v) is 14.2. The van der Waals surface area contributed by atoms with E-state index in [2.05, 4.69) is 63.4 Å². The lowest BCUT2D eigenvalue weighted by molar-refractivity contribution is 0.915. The maximum absolute atomic E-state index is 2.40. The lowest BCUT2D eigenvalue weighted by Gasteiger charge is -2.01. The fourth-order valence-electron chi connectivity index (χ4n) is 2.04. The molecule has 20 heavy (non-hydrogen) atoms. The Morgan fingerprint density at radius 1 is 0.950 bits per heavy atom. The third-order valence-electron chi connectivity index (χ3n) is 3.35. The van der Waals surface area contributed by atoms with Crippen LogP contribution in [0, 0.1) is 0 Å². The van der Waals surface area contributed by atoms with Crippen molar-refractivity contribution in [1.82, 2.24) is 0 Å². The first-order valence-electron chi connectivity index (χ1n) is 7.55. The molecule has 0 spiro atoms. The summed E-state index contributed by atoms with van der Waals surface area (Å²) in [7, 11) is 0. The molecule has 0 fully saturated rings. The summed E-state index contributed by atoms with van der Waals surface area (Å²) in [6, 6.07) is 4.34. The Hall–Kier alpha value is -1.08. The second kappa shape index (κ2) is 9.77. The summed E-state index contributed by atoms with van der Waals surface area (Å²) in [5.41, 5.74) is 4.45. The number of hydrogen-bond acceptors (Lipinski definition) is 1. The third kappa shape index (κ3) is 8.16. The quantitative estimate of drug-likeness (QED) is 0.466. The van der Waals surface area contributed by atoms with Gasteiger partial charge < -0.3 is 0 Å². The molecule has 0 saturated carbocycles. The van der Waals surface area contributed by atoms with Crippen LogP contribution in [-0.4, -0.2) is 0 Å². The molecule has 0 unspecified atom stereocenters. The zero-order valence-electron chi connectivity index (χ0n) is 13.4. The predicted octanol–water partition coefficient (Wildman–Crippen LogP) is 6.71. The Balaban J connectivity index is 2.24. The zero-order chi connectivity index (χ0) is 14.8. The van der Waals surface area contributed by atoms with Crippen LogP contribution in [0.4, 0.5) is 0 Å². The highest BCUT2D eigenvalue weighted by Crippen LogP contribution is 2.14. The van der Waals surface area contributed by atoms with Gasteiger partial charge in [0.05, 0.1) is 0 Å². The van der Waals surface area contributed by atoms with Crippen LogP contribution < -0.4 is 0 Å². The summed E-state index contributed by atoms with van der Waals surface area (Å²) >= 11 is 1.84. The van der Waals surface area contributed by atoms with Crippen LogP contribution in [0.15, 0.2) is 52.5 Å². The topological polar surface area (TPSA) is 0 Å². The van der Waals surface area contributed by atoms with Gasteiger partial charge in [0.15, 0.2) is 0 Å². The Labute approximate surface area is 128 Å². The van der Waals surface area contributed by atoms with Crippen molar-refractivity contribution in [2.45, 2.75) is 59.8 Å². The molecule has 1 aromatic rings. The van der Waals surface area contributed by atoms with Crippen molar-refractivity contribution in [1.29, 1.82) is 0 Å². The molecule has 0 aromatic carbocycles. The van der Waals surface area contributed by atoms with E-state index >= 15 is 0 Å². The standard InChI is InChI=1S/C19H28S/c1-16(2)8-5-9-17(3)10-6-11-18(4)13-14-19-12-7-15-20-19/h7-8,10,12-13,15H,5-6,9,11,14H2,1-4H3. The van der Waals surface area contributed by atoms with Gasteiger partial charge in [-0.3, -0.25) is 0 Å². The fraction of sp³-hybridized carbons (Fsp3) is 0.474. The van der Waals surface area contributed by atoms with E-state index in [-0.39, 0.29) is 0 Å². The smallest absolute Gasteiger partial charge is 0.00829 e. The molecule has 0 aliphatic rings. The summed E-state index contributed by atoms with van der Waals surface area (Å²) in [5, 5.41) is 2.15. The minimum atomic E-state index is 1.09. The lowest BCUT2D eigenvalue weighted by atomic mass is 10.1. The lowest BCUT2D eigenvalue weighted by Crippen LogP contribution is -1.82. The molecule has 0 saturated heterocycles. The number of thiophene rings is 1. The van der Waals surface area contributed by atoms with Gasteiger partial charge in [0.25, 0.3) is 0 Å². The van der Waals surface area contributed by atoms with Crippen molar-refractivity contribution < 1.29 is 0 Å². The molecule has 0 radical (unpaired) electrons. The van der Waals surface area contributed by atoms with Crippen LogP contribution in [-0.2, 0) is 6.42 Å². The Bertz CT molecular complexity index is 454. The minimum absolute atomic E-state index is 1.09. The first kappa shape index (κ1) is 17.0. The van der Waals surface area contributed by atoms with Gasteiger partial charge in [-0.05, 0) is 71.2 Å². The molecule has 1 rings (SSSR count). The van der Waals surface area contributed by atoms with E-state index < -0.39 is 0 Å². The summed E-state index contributed by atoms with van der Waals surface area (Å²) in [5.74, 6) is 0. The SMILES string of the molecule is CC(C)=CCCC(C)=CCCC(C)=CCc1cccs1. The highest BCUT2D eigenvalue weighted by Gasteiger charge is 1.94. The highest BCUT2D eigenvalue weighted by molar-refractivity contribution is 7.09. The van der Waals surface area contributed by atoms with Crippen LogP contribution in [0.1, 0.15) is 58.3 Å². The number of allylic oxidation sites excluding steroid dienone is 6. The van der Waals surface area contributed by atoms with Gasteiger partial charge in [0.1, 0.15) is 0 Å². The van der Waals surface area contributed by atoms with E-state index in [0.717, 1.165) is 6.42 Å². The minimum Gasteiger partial charge on any atom is -0.149 e. The van der Waals surface area contributed by atoms with Crippen LogP contribution in [0.5, 0.6) is 0 Å². The maximum atomic E-state index is 2.40. The number of rotatable bonds is 8. The first-order chi connectivity index (χ1) is 9.58. The van der Waals surface area contributed by atoms with Crippen LogP contribution in [0.3, 0.4) is 0 Å². The van der Waals surface area contributed by atoms with E-state index in [9.17, 15) is 0 Å². The van der Waals surface area contributed by atoms with Crippen LogP contribution in [0.2, 0.25) is 0 Å². The summed E-state index contributed by atoms with van der Waals surface area (Å²) in [4.78, 5) is 1.46. The Morgan fingerprint density at radius 3 is 2.20 bits per heavy atom. The normalized spacial score (nSPS) is 12.6. The molecule has 1 aromatic heterocycles. The summed E-state index contributed by atoms with van der Waals surface area (Å²) in [6.45, 7) is 8.84. The molecule has 1 heterocycles. The van der Waals surface area contributed by atoms with Crippen molar-refractivity contribution in [2.75, 3.05) is 0 Å². The molecule has 0 atom stereocenters. The van der Waals surface area contributed by atoms with E-state index in [1.165, 1.54) is 47.3 Å². The predicted molar refractivity (Wildman–Crippen MR) is 93.4 cm³/mol. The van der Waals surface area contributed by atoms with Gasteiger partial charge in [-0.15, -0.1) is 11.3 Å². The molecule has 0 bridgehead atoms. The molecule has 0 N–H and O–H groups in total. The van der Waals surface area contributed by atoms with E-state index in [4.69, 9.17) is 0 Å². The molecule has 0 nitrogen and oxygen atoms in total. The van der Waals surface area contributed by atoms with E-state index in [1.54, 1.807) is 0 Å².